The molecule has 1 N–H and O–H groups in total. The third kappa shape index (κ3) is 3.47. The lowest BCUT2D eigenvalue weighted by Gasteiger charge is -2.27. The highest BCUT2D eigenvalue weighted by atomic mass is 19.1. The number of halogens is 1. The molecule has 1 aromatic carbocycles. The van der Waals surface area contributed by atoms with Crippen LogP contribution >= 0.6 is 0 Å². The van der Waals surface area contributed by atoms with Crippen LogP contribution in [-0.4, -0.2) is 26.4 Å². The van der Waals surface area contributed by atoms with Crippen molar-refractivity contribution >= 4 is 0 Å². The van der Waals surface area contributed by atoms with Crippen LogP contribution in [0, 0.1) is 5.82 Å². The van der Waals surface area contributed by atoms with Gasteiger partial charge in [0.2, 0.25) is 0 Å². The molecule has 28 heavy (non-hydrogen) atoms. The average molecular weight is 376 g/mol. The Kier molecular flexibility index (Phi) is 4.28. The van der Waals surface area contributed by atoms with Crippen molar-refractivity contribution in [1.82, 2.24) is 19.9 Å². The fourth-order valence-electron chi connectivity index (χ4n) is 3.82. The summed E-state index contributed by atoms with van der Waals surface area (Å²) in [4.78, 5) is 26.8. The van der Waals surface area contributed by atoms with Crippen LogP contribution < -0.4 is 5.56 Å². The molecular formula is C22H21FN4O. The Morgan fingerprint density at radius 3 is 2.75 bits per heavy atom. The van der Waals surface area contributed by atoms with Gasteiger partial charge in [0.15, 0.2) is 0 Å². The van der Waals surface area contributed by atoms with E-state index in [2.05, 4.69) is 20.9 Å². The van der Waals surface area contributed by atoms with Crippen LogP contribution in [0.3, 0.4) is 0 Å². The molecule has 1 saturated carbocycles. The number of aromatic amines is 1. The summed E-state index contributed by atoms with van der Waals surface area (Å²) in [6, 6.07) is 8.51. The predicted molar refractivity (Wildman–Crippen MR) is 104 cm³/mol. The van der Waals surface area contributed by atoms with E-state index in [9.17, 15) is 9.18 Å². The molecule has 1 fully saturated rings. The Morgan fingerprint density at radius 2 is 1.96 bits per heavy atom. The van der Waals surface area contributed by atoms with Crippen molar-refractivity contribution in [3.05, 3.63) is 81.5 Å². The van der Waals surface area contributed by atoms with Gasteiger partial charge in [-0.3, -0.25) is 14.7 Å². The van der Waals surface area contributed by atoms with Gasteiger partial charge in [-0.2, -0.15) is 0 Å². The standard InChI is InChI=1S/C22H21FN4O/c23-18-5-3-15(4-6-18)17-9-14(10-24-11-17)12-27-8-7-20-19(13-27)22(28)26-21(25-20)16-1-2-16/h3-6,9-11,16H,1-2,7-8,12-13H2,(H,25,26,28). The molecule has 2 aliphatic rings. The zero-order valence-electron chi connectivity index (χ0n) is 15.5. The molecule has 0 bridgehead atoms. The van der Waals surface area contributed by atoms with E-state index in [1.807, 2.05) is 6.20 Å². The highest BCUT2D eigenvalue weighted by Crippen LogP contribution is 2.37. The molecule has 0 radical (unpaired) electrons. The maximum atomic E-state index is 13.2. The molecule has 0 amide bonds. The number of fused-ring (bicyclic) bond motifs is 1. The molecule has 5 rings (SSSR count). The van der Waals surface area contributed by atoms with Gasteiger partial charge in [-0.05, 0) is 42.2 Å². The number of nitrogens with zero attached hydrogens (tertiary/aromatic N) is 3. The van der Waals surface area contributed by atoms with Gasteiger partial charge in [-0.25, -0.2) is 9.37 Å². The van der Waals surface area contributed by atoms with Gasteiger partial charge in [-0.1, -0.05) is 12.1 Å². The number of rotatable bonds is 4. The summed E-state index contributed by atoms with van der Waals surface area (Å²) < 4.78 is 13.2. The Hall–Kier alpha value is -2.86. The Morgan fingerprint density at radius 1 is 1.14 bits per heavy atom. The zero-order valence-corrected chi connectivity index (χ0v) is 15.5. The molecule has 5 nitrogen and oxygen atoms in total. The van der Waals surface area contributed by atoms with Crippen molar-refractivity contribution in [2.45, 2.75) is 38.3 Å². The first-order valence-electron chi connectivity index (χ1n) is 9.70. The summed E-state index contributed by atoms with van der Waals surface area (Å²) in [6.07, 6.45) is 6.69. The molecule has 1 aliphatic heterocycles. The Labute approximate surface area is 162 Å². The first-order valence-corrected chi connectivity index (χ1v) is 9.70. The highest BCUT2D eigenvalue weighted by Gasteiger charge is 2.29. The molecule has 1 aliphatic carbocycles. The van der Waals surface area contributed by atoms with E-state index in [0.717, 1.165) is 59.6 Å². The summed E-state index contributed by atoms with van der Waals surface area (Å²) in [5.74, 6) is 1.08. The van der Waals surface area contributed by atoms with Crippen molar-refractivity contribution in [2.24, 2.45) is 0 Å². The van der Waals surface area contributed by atoms with Crippen LogP contribution in [0.5, 0.6) is 0 Å². The lowest BCUT2D eigenvalue weighted by Crippen LogP contribution is -2.35. The zero-order chi connectivity index (χ0) is 19.1. The van der Waals surface area contributed by atoms with Crippen molar-refractivity contribution in [2.75, 3.05) is 6.54 Å². The number of hydrogen-bond donors (Lipinski definition) is 1. The van der Waals surface area contributed by atoms with E-state index in [0.29, 0.717) is 19.0 Å². The minimum Gasteiger partial charge on any atom is -0.310 e. The third-order valence-corrected chi connectivity index (χ3v) is 5.51. The monoisotopic (exact) mass is 376 g/mol. The maximum absolute atomic E-state index is 13.2. The van der Waals surface area contributed by atoms with E-state index in [4.69, 9.17) is 4.98 Å². The van der Waals surface area contributed by atoms with E-state index in [-0.39, 0.29) is 11.4 Å². The number of hydrogen-bond acceptors (Lipinski definition) is 4. The molecule has 0 saturated heterocycles. The van der Waals surface area contributed by atoms with Gasteiger partial charge in [0.1, 0.15) is 11.6 Å². The normalized spacial score (nSPS) is 16.8. The van der Waals surface area contributed by atoms with Crippen LogP contribution in [0.2, 0.25) is 0 Å². The SMILES string of the molecule is O=c1[nH]c(C2CC2)nc2c1CN(Cc1cncc(-c3ccc(F)cc3)c1)CC2. The Bertz CT molecular complexity index is 1070. The van der Waals surface area contributed by atoms with Crippen LogP contribution in [-0.2, 0) is 19.5 Å². The van der Waals surface area contributed by atoms with Crippen LogP contribution in [0.4, 0.5) is 4.39 Å². The predicted octanol–water partition coefficient (Wildman–Crippen LogP) is 3.41. The summed E-state index contributed by atoms with van der Waals surface area (Å²) >= 11 is 0. The molecule has 142 valence electrons. The van der Waals surface area contributed by atoms with E-state index < -0.39 is 0 Å². The third-order valence-electron chi connectivity index (χ3n) is 5.51. The average Bonchev–Trinajstić information content (AvgIpc) is 3.54. The molecule has 3 aromatic rings. The molecule has 0 atom stereocenters. The van der Waals surface area contributed by atoms with Gasteiger partial charge in [0, 0.05) is 49.9 Å². The van der Waals surface area contributed by atoms with Crippen molar-refractivity contribution in [1.29, 1.82) is 0 Å². The van der Waals surface area contributed by atoms with Gasteiger partial charge in [-0.15, -0.1) is 0 Å². The molecule has 3 heterocycles. The second-order valence-electron chi connectivity index (χ2n) is 7.70. The first kappa shape index (κ1) is 17.3. The largest absolute Gasteiger partial charge is 0.310 e. The Balaban J connectivity index is 1.34. The second kappa shape index (κ2) is 6.95. The summed E-state index contributed by atoms with van der Waals surface area (Å²) in [7, 11) is 0. The fraction of sp³-hybridized carbons (Fsp3) is 0.318. The number of pyridine rings is 1. The van der Waals surface area contributed by atoms with Gasteiger partial charge in [0.05, 0.1) is 11.3 Å². The fourth-order valence-corrected chi connectivity index (χ4v) is 3.82. The smallest absolute Gasteiger partial charge is 0.255 e. The number of nitrogens with one attached hydrogen (secondary N) is 1. The van der Waals surface area contributed by atoms with Crippen LogP contribution in [0.25, 0.3) is 11.1 Å². The molecule has 0 spiro atoms. The second-order valence-corrected chi connectivity index (χ2v) is 7.70. The highest BCUT2D eigenvalue weighted by molar-refractivity contribution is 5.62. The number of H-pyrrole nitrogens is 1. The van der Waals surface area contributed by atoms with Crippen molar-refractivity contribution in [3.63, 3.8) is 0 Å². The lowest BCUT2D eigenvalue weighted by molar-refractivity contribution is 0.241. The first-order chi connectivity index (χ1) is 13.7. The summed E-state index contributed by atoms with van der Waals surface area (Å²) in [5.41, 5.74) is 4.73. The number of benzene rings is 1. The molecule has 2 aromatic heterocycles. The van der Waals surface area contributed by atoms with Gasteiger partial charge >= 0.3 is 0 Å². The quantitative estimate of drug-likeness (QED) is 0.758. The summed E-state index contributed by atoms with van der Waals surface area (Å²) in [5, 5.41) is 0. The summed E-state index contributed by atoms with van der Waals surface area (Å²) in [6.45, 7) is 2.18. The lowest BCUT2D eigenvalue weighted by atomic mass is 10.0. The van der Waals surface area contributed by atoms with E-state index in [1.54, 1.807) is 18.3 Å². The number of aromatic nitrogens is 3. The maximum Gasteiger partial charge on any atom is 0.255 e. The van der Waals surface area contributed by atoms with Crippen LogP contribution in [0.15, 0.2) is 47.5 Å². The van der Waals surface area contributed by atoms with E-state index >= 15 is 0 Å². The van der Waals surface area contributed by atoms with Crippen LogP contribution in [0.1, 0.15) is 41.4 Å². The minimum absolute atomic E-state index is 0.00906. The topological polar surface area (TPSA) is 61.9 Å². The van der Waals surface area contributed by atoms with Gasteiger partial charge in [0.25, 0.3) is 5.56 Å². The molecule has 0 unspecified atom stereocenters. The minimum atomic E-state index is -0.247. The molecular weight excluding hydrogens is 355 g/mol. The van der Waals surface area contributed by atoms with E-state index in [1.165, 1.54) is 12.1 Å². The van der Waals surface area contributed by atoms with Crippen molar-refractivity contribution in [3.8, 4) is 11.1 Å². The molecule has 6 heteroatoms. The van der Waals surface area contributed by atoms with Crippen molar-refractivity contribution < 1.29 is 4.39 Å². The van der Waals surface area contributed by atoms with Gasteiger partial charge < -0.3 is 4.98 Å².